The molecule has 0 saturated heterocycles. The number of hydrogen-bond acceptors (Lipinski definition) is 5. The largest absolute Gasteiger partial charge is 0.481 e. The van der Waals surface area contributed by atoms with Crippen molar-refractivity contribution < 1.29 is 9.90 Å². The number of aromatic amines is 1. The zero-order valence-corrected chi connectivity index (χ0v) is 10.6. The van der Waals surface area contributed by atoms with E-state index in [0.717, 1.165) is 11.8 Å². The SMILES string of the molecule is C/C(=N\c1c(C)nc(C)[nH]c1=O)SCC(=O)O. The van der Waals surface area contributed by atoms with Crippen LogP contribution in [0.3, 0.4) is 0 Å². The third kappa shape index (κ3) is 4.03. The first kappa shape index (κ1) is 13.4. The number of H-pyrrole nitrogens is 1. The Hall–Kier alpha value is -1.63. The predicted molar refractivity (Wildman–Crippen MR) is 67.2 cm³/mol. The maximum absolute atomic E-state index is 11.6. The summed E-state index contributed by atoms with van der Waals surface area (Å²) in [6, 6.07) is 0. The molecular formula is C10H13N3O3S. The highest BCUT2D eigenvalue weighted by Crippen LogP contribution is 2.13. The molecule has 7 heteroatoms. The van der Waals surface area contributed by atoms with E-state index >= 15 is 0 Å². The molecule has 1 rings (SSSR count). The highest BCUT2D eigenvalue weighted by molar-refractivity contribution is 8.14. The van der Waals surface area contributed by atoms with Crippen molar-refractivity contribution in [3.63, 3.8) is 0 Å². The van der Waals surface area contributed by atoms with Gasteiger partial charge < -0.3 is 10.1 Å². The number of aromatic nitrogens is 2. The molecule has 0 spiro atoms. The summed E-state index contributed by atoms with van der Waals surface area (Å²) in [6.45, 7) is 5.04. The van der Waals surface area contributed by atoms with E-state index in [1.54, 1.807) is 20.8 Å². The minimum Gasteiger partial charge on any atom is -0.481 e. The van der Waals surface area contributed by atoms with Crippen LogP contribution < -0.4 is 5.56 Å². The van der Waals surface area contributed by atoms with Crippen LogP contribution in [0.1, 0.15) is 18.4 Å². The normalized spacial score (nSPS) is 11.6. The van der Waals surface area contributed by atoms with Gasteiger partial charge in [-0.15, -0.1) is 0 Å². The Labute approximate surface area is 102 Å². The van der Waals surface area contributed by atoms with Gasteiger partial charge in [0.2, 0.25) is 0 Å². The third-order valence-corrected chi connectivity index (χ3v) is 2.76. The van der Waals surface area contributed by atoms with Crippen LogP contribution >= 0.6 is 11.8 Å². The van der Waals surface area contributed by atoms with Crippen LogP contribution in [0.4, 0.5) is 5.69 Å². The van der Waals surface area contributed by atoms with Crippen LogP contribution in [0, 0.1) is 13.8 Å². The maximum Gasteiger partial charge on any atom is 0.313 e. The zero-order valence-electron chi connectivity index (χ0n) is 9.77. The Morgan fingerprint density at radius 1 is 1.53 bits per heavy atom. The molecule has 0 bridgehead atoms. The lowest BCUT2D eigenvalue weighted by Gasteiger charge is -2.02. The molecule has 0 saturated carbocycles. The van der Waals surface area contributed by atoms with Crippen molar-refractivity contribution in [2.24, 2.45) is 4.99 Å². The summed E-state index contributed by atoms with van der Waals surface area (Å²) in [6.07, 6.45) is 0. The summed E-state index contributed by atoms with van der Waals surface area (Å²) in [5.41, 5.74) is 0.442. The molecule has 0 radical (unpaired) electrons. The van der Waals surface area contributed by atoms with Crippen molar-refractivity contribution >= 4 is 28.5 Å². The molecule has 0 aliphatic rings. The quantitative estimate of drug-likeness (QED) is 0.626. The Kier molecular flexibility index (Phi) is 4.45. The fourth-order valence-electron chi connectivity index (χ4n) is 1.21. The molecule has 92 valence electrons. The third-order valence-electron chi connectivity index (χ3n) is 1.86. The second kappa shape index (κ2) is 5.62. The first-order valence-corrected chi connectivity index (χ1v) is 5.86. The van der Waals surface area contributed by atoms with Crippen molar-refractivity contribution in [1.82, 2.24) is 9.97 Å². The van der Waals surface area contributed by atoms with Crippen LogP contribution in [0.5, 0.6) is 0 Å². The molecular weight excluding hydrogens is 242 g/mol. The van der Waals surface area contributed by atoms with Crippen molar-refractivity contribution in [3.05, 3.63) is 21.9 Å². The van der Waals surface area contributed by atoms with Crippen LogP contribution in [0.25, 0.3) is 0 Å². The standard InChI is InChI=1S/C10H13N3O3S/c1-5-9(10(16)12-6(2)11-5)13-7(3)17-4-8(14)15/h4H2,1-3H3,(H,14,15)(H,11,12,16)/b13-7+. The van der Waals surface area contributed by atoms with E-state index in [4.69, 9.17) is 5.11 Å². The number of aliphatic carboxylic acids is 1. The summed E-state index contributed by atoms with van der Waals surface area (Å²) < 4.78 is 0. The first-order chi connectivity index (χ1) is 7.90. The van der Waals surface area contributed by atoms with Crippen molar-refractivity contribution in [1.29, 1.82) is 0 Å². The van der Waals surface area contributed by atoms with Crippen LogP contribution in [0.2, 0.25) is 0 Å². The number of thioether (sulfide) groups is 1. The number of hydrogen-bond donors (Lipinski definition) is 2. The molecule has 17 heavy (non-hydrogen) atoms. The van der Waals surface area contributed by atoms with E-state index < -0.39 is 5.97 Å². The molecule has 0 aliphatic heterocycles. The predicted octanol–water partition coefficient (Wildman–Crippen LogP) is 1.25. The molecule has 0 amide bonds. The number of nitrogens with zero attached hydrogens (tertiary/aromatic N) is 2. The topological polar surface area (TPSA) is 95.4 Å². The van der Waals surface area contributed by atoms with Gasteiger partial charge in [0.15, 0.2) is 5.69 Å². The summed E-state index contributed by atoms with van der Waals surface area (Å²) >= 11 is 1.07. The van der Waals surface area contributed by atoms with Gasteiger partial charge >= 0.3 is 5.97 Å². The Balaban J connectivity index is 2.98. The highest BCUT2D eigenvalue weighted by atomic mass is 32.2. The van der Waals surface area contributed by atoms with Crippen LogP contribution in [-0.4, -0.2) is 31.8 Å². The van der Waals surface area contributed by atoms with E-state index in [0.29, 0.717) is 16.6 Å². The first-order valence-electron chi connectivity index (χ1n) is 4.87. The monoisotopic (exact) mass is 255 g/mol. The highest BCUT2D eigenvalue weighted by Gasteiger charge is 2.06. The van der Waals surface area contributed by atoms with Crippen molar-refractivity contribution in [3.8, 4) is 0 Å². The number of carboxylic acids is 1. The lowest BCUT2D eigenvalue weighted by Crippen LogP contribution is -2.11. The summed E-state index contributed by atoms with van der Waals surface area (Å²) in [7, 11) is 0. The minimum absolute atomic E-state index is 0.0778. The number of nitrogens with one attached hydrogen (secondary N) is 1. The molecule has 0 atom stereocenters. The lowest BCUT2D eigenvalue weighted by atomic mass is 10.3. The summed E-state index contributed by atoms with van der Waals surface area (Å²) in [5.74, 6) is -0.467. The number of carboxylic acid groups (broad SMARTS) is 1. The van der Waals surface area contributed by atoms with Gasteiger partial charge in [0, 0.05) is 0 Å². The van der Waals surface area contributed by atoms with E-state index in [9.17, 15) is 9.59 Å². The molecule has 2 N–H and O–H groups in total. The van der Waals surface area contributed by atoms with Crippen LogP contribution in [0.15, 0.2) is 9.79 Å². The van der Waals surface area contributed by atoms with Crippen molar-refractivity contribution in [2.45, 2.75) is 20.8 Å². The number of aliphatic imine (C=N–C) groups is 1. The van der Waals surface area contributed by atoms with Gasteiger partial charge in [-0.1, -0.05) is 11.8 Å². The van der Waals surface area contributed by atoms with Crippen LogP contribution in [-0.2, 0) is 4.79 Å². The number of carbonyl (C=O) groups is 1. The fraction of sp³-hybridized carbons (Fsp3) is 0.400. The summed E-state index contributed by atoms with van der Waals surface area (Å²) in [4.78, 5) is 32.7. The number of rotatable bonds is 3. The molecule has 1 aromatic heterocycles. The fourth-order valence-corrected chi connectivity index (χ4v) is 1.70. The second-order valence-corrected chi connectivity index (χ2v) is 4.57. The van der Waals surface area contributed by atoms with Gasteiger partial charge in [0.25, 0.3) is 5.56 Å². The van der Waals surface area contributed by atoms with Gasteiger partial charge in [-0.05, 0) is 20.8 Å². The molecule has 0 aliphatic carbocycles. The summed E-state index contributed by atoms with van der Waals surface area (Å²) in [5, 5.41) is 9.04. The Morgan fingerprint density at radius 2 is 2.18 bits per heavy atom. The van der Waals surface area contributed by atoms with Gasteiger partial charge in [0.05, 0.1) is 16.5 Å². The molecule has 0 aromatic carbocycles. The Morgan fingerprint density at radius 3 is 2.71 bits per heavy atom. The van der Waals surface area contributed by atoms with E-state index in [-0.39, 0.29) is 17.0 Å². The molecule has 1 aromatic rings. The van der Waals surface area contributed by atoms with Gasteiger partial charge in [-0.3, -0.25) is 9.59 Å². The van der Waals surface area contributed by atoms with Crippen molar-refractivity contribution in [2.75, 3.05) is 5.75 Å². The average molecular weight is 255 g/mol. The van der Waals surface area contributed by atoms with E-state index in [1.807, 2.05) is 0 Å². The second-order valence-electron chi connectivity index (χ2n) is 3.40. The number of aryl methyl sites for hydroxylation is 2. The molecule has 0 fully saturated rings. The molecule has 6 nitrogen and oxygen atoms in total. The minimum atomic E-state index is -0.919. The maximum atomic E-state index is 11.6. The van der Waals surface area contributed by atoms with Gasteiger partial charge in [-0.2, -0.15) is 0 Å². The van der Waals surface area contributed by atoms with E-state index in [2.05, 4.69) is 15.0 Å². The van der Waals surface area contributed by atoms with E-state index in [1.165, 1.54) is 0 Å². The lowest BCUT2D eigenvalue weighted by molar-refractivity contribution is -0.133. The van der Waals surface area contributed by atoms with Gasteiger partial charge in [-0.25, -0.2) is 9.98 Å². The molecule has 1 heterocycles. The smallest absolute Gasteiger partial charge is 0.313 e. The Bertz CT molecular complexity index is 522. The van der Waals surface area contributed by atoms with Gasteiger partial charge in [0.1, 0.15) is 5.82 Å². The average Bonchev–Trinajstić information content (AvgIpc) is 2.20. The zero-order chi connectivity index (χ0) is 13.0. The molecule has 0 unspecified atom stereocenters.